The van der Waals surface area contributed by atoms with Crippen LogP contribution in [0.4, 0.5) is 0 Å². The number of ketones is 1. The van der Waals surface area contributed by atoms with Gasteiger partial charge in [-0.05, 0) is 26.0 Å². The molecule has 0 bridgehead atoms. The Kier molecular flexibility index (Phi) is 2.36. The zero-order valence-electron chi connectivity index (χ0n) is 7.96. The van der Waals surface area contributed by atoms with E-state index in [4.69, 9.17) is 4.74 Å². The maximum absolute atomic E-state index is 11.4. The molecule has 1 unspecified atom stereocenters. The Hall–Kier alpha value is -1.38. The maximum Gasteiger partial charge on any atom is 0.303 e. The van der Waals surface area contributed by atoms with Crippen LogP contribution in [0.2, 0.25) is 0 Å². The molecule has 0 N–H and O–H groups in total. The van der Waals surface area contributed by atoms with E-state index in [1.165, 1.54) is 13.0 Å². The summed E-state index contributed by atoms with van der Waals surface area (Å²) in [5, 5.41) is 0. The first-order valence-corrected chi connectivity index (χ1v) is 4.05. The zero-order valence-corrected chi connectivity index (χ0v) is 7.96. The second-order valence-electron chi connectivity index (χ2n) is 3.29. The first-order valence-electron chi connectivity index (χ1n) is 4.05. The van der Waals surface area contributed by atoms with Crippen LogP contribution in [-0.2, 0) is 14.3 Å². The molecule has 0 heterocycles. The number of allylic oxidation sites excluding steroid dienone is 2. The number of esters is 1. The van der Waals surface area contributed by atoms with E-state index in [1.807, 2.05) is 6.92 Å². The SMILES string of the molecule is CC(=O)OC1(C)C=C(C)C=CC1=O. The Morgan fingerprint density at radius 3 is 2.62 bits per heavy atom. The summed E-state index contributed by atoms with van der Waals surface area (Å²) in [5.41, 5.74) is -0.187. The second-order valence-corrected chi connectivity index (χ2v) is 3.29. The molecular formula is C10H12O3. The molecule has 0 fully saturated rings. The quantitative estimate of drug-likeness (QED) is 0.573. The summed E-state index contributed by atoms with van der Waals surface area (Å²) in [4.78, 5) is 22.1. The van der Waals surface area contributed by atoms with E-state index in [0.717, 1.165) is 5.57 Å². The van der Waals surface area contributed by atoms with Gasteiger partial charge in [0.05, 0.1) is 0 Å². The lowest BCUT2D eigenvalue weighted by molar-refractivity contribution is -0.157. The fourth-order valence-electron chi connectivity index (χ4n) is 1.30. The van der Waals surface area contributed by atoms with Crippen LogP contribution in [0.15, 0.2) is 23.8 Å². The van der Waals surface area contributed by atoms with Gasteiger partial charge in [-0.1, -0.05) is 11.6 Å². The van der Waals surface area contributed by atoms with E-state index < -0.39 is 11.6 Å². The summed E-state index contributed by atoms with van der Waals surface area (Å²) in [7, 11) is 0. The minimum absolute atomic E-state index is 0.201. The van der Waals surface area contributed by atoms with Crippen molar-refractivity contribution in [3.05, 3.63) is 23.8 Å². The van der Waals surface area contributed by atoms with Crippen molar-refractivity contribution < 1.29 is 14.3 Å². The Morgan fingerprint density at radius 2 is 2.08 bits per heavy atom. The number of hydrogen-bond donors (Lipinski definition) is 0. The molecule has 3 heteroatoms. The molecule has 0 aliphatic heterocycles. The van der Waals surface area contributed by atoms with Crippen molar-refractivity contribution in [1.29, 1.82) is 0 Å². The van der Waals surface area contributed by atoms with Crippen molar-refractivity contribution in [3.63, 3.8) is 0 Å². The third-order valence-corrected chi connectivity index (χ3v) is 1.85. The number of hydrogen-bond acceptors (Lipinski definition) is 3. The van der Waals surface area contributed by atoms with Crippen LogP contribution < -0.4 is 0 Å². The van der Waals surface area contributed by atoms with Crippen LogP contribution in [0.3, 0.4) is 0 Å². The molecule has 3 nitrogen and oxygen atoms in total. The van der Waals surface area contributed by atoms with E-state index in [1.54, 1.807) is 19.1 Å². The Labute approximate surface area is 77.1 Å². The molecule has 1 aliphatic carbocycles. The van der Waals surface area contributed by atoms with Gasteiger partial charge >= 0.3 is 5.97 Å². The normalized spacial score (nSPS) is 27.0. The van der Waals surface area contributed by atoms with Gasteiger partial charge in [0, 0.05) is 6.92 Å². The highest BCUT2D eigenvalue weighted by Gasteiger charge is 2.34. The number of ether oxygens (including phenoxy) is 1. The smallest absolute Gasteiger partial charge is 0.303 e. The highest BCUT2D eigenvalue weighted by atomic mass is 16.6. The van der Waals surface area contributed by atoms with E-state index in [2.05, 4.69) is 0 Å². The van der Waals surface area contributed by atoms with Gasteiger partial charge in [-0.2, -0.15) is 0 Å². The van der Waals surface area contributed by atoms with Gasteiger partial charge in [-0.15, -0.1) is 0 Å². The van der Waals surface area contributed by atoms with Crippen LogP contribution in [0.25, 0.3) is 0 Å². The van der Waals surface area contributed by atoms with Crippen LogP contribution in [0.5, 0.6) is 0 Å². The molecule has 0 amide bonds. The first-order chi connectivity index (χ1) is 5.94. The molecule has 1 aliphatic rings. The van der Waals surface area contributed by atoms with Crippen LogP contribution in [-0.4, -0.2) is 17.4 Å². The summed E-state index contributed by atoms with van der Waals surface area (Å²) >= 11 is 0. The van der Waals surface area contributed by atoms with Gasteiger partial charge in [0.15, 0.2) is 5.60 Å². The number of carbonyl (C=O) groups is 2. The van der Waals surface area contributed by atoms with Crippen LogP contribution in [0, 0.1) is 0 Å². The predicted octanol–water partition coefficient (Wildman–Crippen LogP) is 1.39. The van der Waals surface area contributed by atoms with E-state index in [9.17, 15) is 9.59 Å². The average molecular weight is 180 g/mol. The molecule has 70 valence electrons. The van der Waals surface area contributed by atoms with Crippen molar-refractivity contribution in [1.82, 2.24) is 0 Å². The van der Waals surface area contributed by atoms with E-state index in [0.29, 0.717) is 0 Å². The summed E-state index contributed by atoms with van der Waals surface area (Å²) < 4.78 is 4.95. The fourth-order valence-corrected chi connectivity index (χ4v) is 1.30. The molecule has 1 rings (SSSR count). The lowest BCUT2D eigenvalue weighted by atomic mass is 9.92. The van der Waals surface area contributed by atoms with Gasteiger partial charge in [0.1, 0.15) is 0 Å². The third-order valence-electron chi connectivity index (χ3n) is 1.85. The third kappa shape index (κ3) is 2.05. The summed E-state index contributed by atoms with van der Waals surface area (Å²) in [6.45, 7) is 4.73. The van der Waals surface area contributed by atoms with Crippen molar-refractivity contribution in [3.8, 4) is 0 Å². The first kappa shape index (κ1) is 9.71. The standard InChI is InChI=1S/C10H12O3/c1-7-4-5-9(12)10(3,6-7)13-8(2)11/h4-6H,1-3H3. The lowest BCUT2D eigenvalue weighted by Crippen LogP contribution is -2.38. The van der Waals surface area contributed by atoms with Crippen molar-refractivity contribution in [2.24, 2.45) is 0 Å². The fraction of sp³-hybridized carbons (Fsp3) is 0.400. The van der Waals surface area contributed by atoms with Crippen molar-refractivity contribution >= 4 is 11.8 Å². The molecule has 0 aromatic carbocycles. The summed E-state index contributed by atoms with van der Waals surface area (Å²) in [6, 6.07) is 0. The van der Waals surface area contributed by atoms with Crippen LogP contribution >= 0.6 is 0 Å². The minimum Gasteiger partial charge on any atom is -0.447 e. The van der Waals surface area contributed by atoms with Crippen molar-refractivity contribution in [2.75, 3.05) is 0 Å². The van der Waals surface area contributed by atoms with E-state index in [-0.39, 0.29) is 5.78 Å². The Bertz CT molecular complexity index is 312. The van der Waals surface area contributed by atoms with Gasteiger partial charge in [-0.3, -0.25) is 9.59 Å². The highest BCUT2D eigenvalue weighted by Crippen LogP contribution is 2.21. The lowest BCUT2D eigenvalue weighted by Gasteiger charge is -2.25. The molecular weight excluding hydrogens is 168 g/mol. The highest BCUT2D eigenvalue weighted by molar-refractivity contribution is 6.01. The van der Waals surface area contributed by atoms with Gasteiger partial charge in [0.2, 0.25) is 5.78 Å². The summed E-state index contributed by atoms with van der Waals surface area (Å²) in [6.07, 6.45) is 4.78. The average Bonchev–Trinajstić information content (AvgIpc) is 1.95. The summed E-state index contributed by atoms with van der Waals surface area (Å²) in [5.74, 6) is -0.650. The molecule has 0 aromatic heterocycles. The molecule has 13 heavy (non-hydrogen) atoms. The molecule has 0 aromatic rings. The predicted molar refractivity (Wildman–Crippen MR) is 48.1 cm³/mol. The monoisotopic (exact) mass is 180 g/mol. The number of carbonyl (C=O) groups excluding carboxylic acids is 2. The molecule has 0 spiro atoms. The van der Waals surface area contributed by atoms with Gasteiger partial charge in [-0.25, -0.2) is 0 Å². The molecule has 0 saturated heterocycles. The molecule has 0 saturated carbocycles. The van der Waals surface area contributed by atoms with Crippen LogP contribution in [0.1, 0.15) is 20.8 Å². The second kappa shape index (κ2) is 3.17. The zero-order chi connectivity index (χ0) is 10.1. The van der Waals surface area contributed by atoms with Crippen molar-refractivity contribution in [2.45, 2.75) is 26.4 Å². The largest absolute Gasteiger partial charge is 0.447 e. The van der Waals surface area contributed by atoms with Gasteiger partial charge in [0.25, 0.3) is 0 Å². The number of rotatable bonds is 1. The Balaban J connectivity index is 2.94. The molecule has 0 radical (unpaired) electrons. The minimum atomic E-state index is -1.11. The Morgan fingerprint density at radius 1 is 1.46 bits per heavy atom. The van der Waals surface area contributed by atoms with E-state index >= 15 is 0 Å². The van der Waals surface area contributed by atoms with Gasteiger partial charge < -0.3 is 4.74 Å². The molecule has 1 atom stereocenters. The maximum atomic E-state index is 11.4. The topological polar surface area (TPSA) is 43.4 Å².